The molecule has 0 bridgehead atoms. The zero-order valence-corrected chi connectivity index (χ0v) is 9.47. The summed E-state index contributed by atoms with van der Waals surface area (Å²) >= 11 is 0. The van der Waals surface area contributed by atoms with Crippen molar-refractivity contribution in [3.05, 3.63) is 0 Å². The summed E-state index contributed by atoms with van der Waals surface area (Å²) in [6, 6.07) is 0.893. The smallest absolute Gasteiger partial charge is 0.00923 e. The van der Waals surface area contributed by atoms with E-state index < -0.39 is 0 Å². The molecule has 1 saturated carbocycles. The predicted octanol–water partition coefficient (Wildman–Crippen LogP) is 1.86. The monoisotopic (exact) mass is 196 g/mol. The highest BCUT2D eigenvalue weighted by Gasteiger charge is 2.22. The lowest BCUT2D eigenvalue weighted by Gasteiger charge is -2.32. The molecule has 1 aliphatic carbocycles. The Kier molecular flexibility index (Phi) is 3.82. The molecule has 2 fully saturated rings. The van der Waals surface area contributed by atoms with Crippen molar-refractivity contribution in [1.29, 1.82) is 0 Å². The maximum absolute atomic E-state index is 3.45. The summed E-state index contributed by atoms with van der Waals surface area (Å²) in [5.74, 6) is 0.918. The van der Waals surface area contributed by atoms with Gasteiger partial charge in [-0.15, -0.1) is 0 Å². The van der Waals surface area contributed by atoms with Crippen molar-refractivity contribution in [2.45, 2.75) is 44.6 Å². The van der Waals surface area contributed by atoms with Gasteiger partial charge >= 0.3 is 0 Å². The zero-order chi connectivity index (χ0) is 9.80. The van der Waals surface area contributed by atoms with E-state index in [0.717, 1.165) is 12.0 Å². The summed E-state index contributed by atoms with van der Waals surface area (Å²) in [5.41, 5.74) is 0. The van der Waals surface area contributed by atoms with Crippen molar-refractivity contribution in [3.8, 4) is 0 Å². The van der Waals surface area contributed by atoms with Gasteiger partial charge in [0.2, 0.25) is 0 Å². The van der Waals surface area contributed by atoms with Gasteiger partial charge in [0.1, 0.15) is 0 Å². The van der Waals surface area contributed by atoms with Gasteiger partial charge in [0.05, 0.1) is 0 Å². The lowest BCUT2D eigenvalue weighted by atomic mass is 9.94. The second kappa shape index (κ2) is 5.13. The van der Waals surface area contributed by atoms with Crippen molar-refractivity contribution in [1.82, 2.24) is 10.2 Å². The van der Waals surface area contributed by atoms with E-state index in [0.29, 0.717) is 0 Å². The molecule has 1 saturated heterocycles. The Labute approximate surface area is 88.1 Å². The first kappa shape index (κ1) is 10.4. The molecule has 82 valence electrons. The largest absolute Gasteiger partial charge is 0.316 e. The minimum absolute atomic E-state index is 0.893. The Morgan fingerprint density at radius 3 is 2.57 bits per heavy atom. The minimum atomic E-state index is 0.893. The van der Waals surface area contributed by atoms with Gasteiger partial charge in [-0.1, -0.05) is 19.3 Å². The summed E-state index contributed by atoms with van der Waals surface area (Å²) < 4.78 is 0. The van der Waals surface area contributed by atoms with E-state index >= 15 is 0 Å². The van der Waals surface area contributed by atoms with Crippen LogP contribution in [0.25, 0.3) is 0 Å². The summed E-state index contributed by atoms with van der Waals surface area (Å²) in [5, 5.41) is 3.45. The van der Waals surface area contributed by atoms with Gasteiger partial charge < -0.3 is 10.2 Å². The molecule has 0 radical (unpaired) electrons. The second-order valence-electron chi connectivity index (χ2n) is 5.09. The van der Waals surface area contributed by atoms with Crippen LogP contribution < -0.4 is 5.32 Å². The van der Waals surface area contributed by atoms with Gasteiger partial charge in [-0.05, 0) is 45.3 Å². The number of hydrogen-bond donors (Lipinski definition) is 1. The number of nitrogens with zero attached hydrogens (tertiary/aromatic N) is 1. The van der Waals surface area contributed by atoms with Crippen LogP contribution in [0.3, 0.4) is 0 Å². The summed E-state index contributed by atoms with van der Waals surface area (Å²) in [6.07, 6.45) is 8.65. The number of hydrogen-bond acceptors (Lipinski definition) is 2. The quantitative estimate of drug-likeness (QED) is 0.741. The number of nitrogens with one attached hydrogen (secondary N) is 1. The average Bonchev–Trinajstić information content (AvgIpc) is 2.72. The first-order valence-corrected chi connectivity index (χ1v) is 6.27. The van der Waals surface area contributed by atoms with Gasteiger partial charge in [0.15, 0.2) is 0 Å². The van der Waals surface area contributed by atoms with E-state index in [1.807, 2.05) is 0 Å². The van der Waals surface area contributed by atoms with Gasteiger partial charge in [0.25, 0.3) is 0 Å². The first-order valence-electron chi connectivity index (χ1n) is 6.27. The molecule has 0 aromatic heterocycles. The van der Waals surface area contributed by atoms with Crippen LogP contribution in [0.1, 0.15) is 38.5 Å². The molecule has 1 heterocycles. The van der Waals surface area contributed by atoms with E-state index in [1.54, 1.807) is 0 Å². The molecule has 1 N–H and O–H groups in total. The minimum Gasteiger partial charge on any atom is -0.316 e. The average molecular weight is 196 g/mol. The van der Waals surface area contributed by atoms with Crippen LogP contribution in [0, 0.1) is 5.92 Å². The molecule has 0 amide bonds. The molecule has 1 unspecified atom stereocenters. The molecule has 1 aliphatic heterocycles. The highest BCUT2D eigenvalue weighted by molar-refractivity contribution is 4.79. The Balaban J connectivity index is 1.72. The van der Waals surface area contributed by atoms with Crippen LogP contribution in [0.2, 0.25) is 0 Å². The fourth-order valence-corrected chi connectivity index (χ4v) is 2.95. The van der Waals surface area contributed by atoms with Crippen molar-refractivity contribution in [2.75, 3.05) is 26.7 Å². The standard InChI is InChI=1S/C12H24N2/c1-14(10-11-7-8-13-9-11)12-5-3-2-4-6-12/h11-13H,2-10H2,1H3. The molecule has 0 spiro atoms. The van der Waals surface area contributed by atoms with Gasteiger partial charge in [-0.2, -0.15) is 0 Å². The third-order valence-electron chi connectivity index (χ3n) is 3.91. The van der Waals surface area contributed by atoms with Crippen LogP contribution in [0.4, 0.5) is 0 Å². The molecule has 1 atom stereocenters. The highest BCUT2D eigenvalue weighted by Crippen LogP contribution is 2.22. The Bertz CT molecular complexity index is 158. The summed E-state index contributed by atoms with van der Waals surface area (Å²) in [7, 11) is 2.33. The molecule has 2 rings (SSSR count). The fourth-order valence-electron chi connectivity index (χ4n) is 2.95. The molecule has 2 aliphatic rings. The number of rotatable bonds is 3. The Morgan fingerprint density at radius 2 is 1.93 bits per heavy atom. The Morgan fingerprint density at radius 1 is 1.14 bits per heavy atom. The van der Waals surface area contributed by atoms with E-state index in [2.05, 4.69) is 17.3 Å². The first-order chi connectivity index (χ1) is 6.86. The fraction of sp³-hybridized carbons (Fsp3) is 1.00. The SMILES string of the molecule is CN(CC1CCNC1)C1CCCCC1. The van der Waals surface area contributed by atoms with Gasteiger partial charge in [0, 0.05) is 12.6 Å². The normalized spacial score (nSPS) is 30.0. The van der Waals surface area contributed by atoms with Gasteiger partial charge in [-0.3, -0.25) is 0 Å². The van der Waals surface area contributed by atoms with Crippen LogP contribution in [-0.2, 0) is 0 Å². The maximum atomic E-state index is 3.45. The highest BCUT2D eigenvalue weighted by atomic mass is 15.1. The molecule has 2 nitrogen and oxygen atoms in total. The molecule has 14 heavy (non-hydrogen) atoms. The van der Waals surface area contributed by atoms with E-state index in [4.69, 9.17) is 0 Å². The van der Waals surface area contributed by atoms with Crippen LogP contribution in [-0.4, -0.2) is 37.6 Å². The Hall–Kier alpha value is -0.0800. The van der Waals surface area contributed by atoms with Crippen molar-refractivity contribution in [2.24, 2.45) is 5.92 Å². The lowest BCUT2D eigenvalue weighted by molar-refractivity contribution is 0.170. The van der Waals surface area contributed by atoms with Crippen molar-refractivity contribution in [3.63, 3.8) is 0 Å². The van der Waals surface area contributed by atoms with E-state index in [-0.39, 0.29) is 0 Å². The summed E-state index contributed by atoms with van der Waals surface area (Å²) in [4.78, 5) is 2.62. The zero-order valence-electron chi connectivity index (χ0n) is 9.47. The van der Waals surface area contributed by atoms with Gasteiger partial charge in [-0.25, -0.2) is 0 Å². The van der Waals surface area contributed by atoms with E-state index in [1.165, 1.54) is 58.2 Å². The predicted molar refractivity (Wildman–Crippen MR) is 60.5 cm³/mol. The van der Waals surface area contributed by atoms with Crippen molar-refractivity contribution >= 4 is 0 Å². The van der Waals surface area contributed by atoms with E-state index in [9.17, 15) is 0 Å². The molecule has 0 aromatic carbocycles. The van der Waals surface area contributed by atoms with Crippen molar-refractivity contribution < 1.29 is 0 Å². The summed E-state index contributed by atoms with van der Waals surface area (Å²) in [6.45, 7) is 3.80. The third kappa shape index (κ3) is 2.71. The molecular weight excluding hydrogens is 172 g/mol. The topological polar surface area (TPSA) is 15.3 Å². The van der Waals surface area contributed by atoms with Crippen LogP contribution >= 0.6 is 0 Å². The molecule has 2 heteroatoms. The second-order valence-corrected chi connectivity index (χ2v) is 5.09. The lowest BCUT2D eigenvalue weighted by Crippen LogP contribution is -2.37. The molecule has 0 aromatic rings. The molecular formula is C12H24N2. The third-order valence-corrected chi connectivity index (χ3v) is 3.91. The van der Waals surface area contributed by atoms with Crippen LogP contribution in [0.15, 0.2) is 0 Å². The maximum Gasteiger partial charge on any atom is 0.00923 e. The van der Waals surface area contributed by atoms with Crippen LogP contribution in [0.5, 0.6) is 0 Å².